The zero-order chi connectivity index (χ0) is 18.7. The lowest BCUT2D eigenvalue weighted by molar-refractivity contribution is 0.102. The smallest absolute Gasteiger partial charge is 0.330 e. The van der Waals surface area contributed by atoms with E-state index in [2.05, 4.69) is 5.32 Å². The summed E-state index contributed by atoms with van der Waals surface area (Å²) in [5.74, 6) is 0.229. The topological polar surface area (TPSA) is 82.3 Å². The van der Waals surface area contributed by atoms with E-state index in [1.165, 1.54) is 44.1 Å². The van der Waals surface area contributed by atoms with E-state index in [0.717, 1.165) is 17.4 Å². The minimum Gasteiger partial charge on any atom is -0.490 e. The normalized spacial score (nSPS) is 14.8. The summed E-state index contributed by atoms with van der Waals surface area (Å²) < 4.78 is 8.19. The Hall–Kier alpha value is -2.83. The first kappa shape index (κ1) is 18.0. The van der Waals surface area contributed by atoms with Crippen LogP contribution in [0.4, 0.5) is 5.69 Å². The van der Waals surface area contributed by atoms with Crippen LogP contribution in [-0.2, 0) is 14.1 Å². The summed E-state index contributed by atoms with van der Waals surface area (Å²) in [5, 5.41) is 2.58. The summed E-state index contributed by atoms with van der Waals surface area (Å²) in [6, 6.07) is 6.93. The van der Waals surface area contributed by atoms with Gasteiger partial charge >= 0.3 is 5.69 Å². The molecule has 7 heteroatoms. The van der Waals surface area contributed by atoms with Crippen LogP contribution in [0.1, 0.15) is 42.5 Å². The molecule has 3 rings (SSSR count). The number of carbonyl (C=O) groups is 1. The Bertz CT molecular complexity index is 923. The molecule has 2 aromatic rings. The highest BCUT2D eigenvalue weighted by molar-refractivity contribution is 6.04. The highest BCUT2D eigenvalue weighted by atomic mass is 16.5. The Morgan fingerprint density at radius 1 is 1.15 bits per heavy atom. The number of amides is 1. The molecule has 1 fully saturated rings. The van der Waals surface area contributed by atoms with Crippen molar-refractivity contribution in [2.24, 2.45) is 14.1 Å². The van der Waals surface area contributed by atoms with Crippen LogP contribution in [0, 0.1) is 0 Å². The second-order valence-corrected chi connectivity index (χ2v) is 6.66. The highest BCUT2D eigenvalue weighted by Gasteiger charge is 2.16. The van der Waals surface area contributed by atoms with E-state index in [4.69, 9.17) is 4.74 Å². The van der Waals surface area contributed by atoms with Gasteiger partial charge in [0.15, 0.2) is 0 Å². The molecule has 0 aliphatic heterocycles. The van der Waals surface area contributed by atoms with Crippen molar-refractivity contribution in [3.63, 3.8) is 0 Å². The van der Waals surface area contributed by atoms with Gasteiger partial charge in [-0.1, -0.05) is 12.5 Å². The molecule has 0 unspecified atom stereocenters. The maximum atomic E-state index is 12.5. The standard InChI is InChI=1S/C19H23N3O4/c1-21-12-16(18(24)22(2)19(21)25)20-17(23)13-7-6-10-15(11-13)26-14-8-4-3-5-9-14/h6-7,10-12,14H,3-5,8-9H2,1-2H3,(H,20,23). The molecule has 0 atom stereocenters. The molecule has 1 amide bonds. The first-order valence-electron chi connectivity index (χ1n) is 8.80. The second-order valence-electron chi connectivity index (χ2n) is 6.66. The minimum absolute atomic E-state index is 0.0539. The molecule has 1 aromatic carbocycles. The molecule has 1 aliphatic carbocycles. The van der Waals surface area contributed by atoms with Gasteiger partial charge in [0.1, 0.15) is 11.4 Å². The quantitative estimate of drug-likeness (QED) is 0.908. The Kier molecular flexibility index (Phi) is 5.25. The van der Waals surface area contributed by atoms with Crippen LogP contribution in [0.3, 0.4) is 0 Å². The van der Waals surface area contributed by atoms with E-state index in [0.29, 0.717) is 11.3 Å². The van der Waals surface area contributed by atoms with E-state index < -0.39 is 17.2 Å². The second kappa shape index (κ2) is 7.59. The van der Waals surface area contributed by atoms with Crippen LogP contribution in [-0.4, -0.2) is 21.1 Å². The summed E-state index contributed by atoms with van der Waals surface area (Å²) >= 11 is 0. The van der Waals surface area contributed by atoms with Crippen molar-refractivity contribution in [1.29, 1.82) is 0 Å². The van der Waals surface area contributed by atoms with E-state index in [1.807, 2.05) is 6.07 Å². The van der Waals surface area contributed by atoms with Gasteiger partial charge in [-0.15, -0.1) is 0 Å². The molecular formula is C19H23N3O4. The van der Waals surface area contributed by atoms with E-state index in [9.17, 15) is 14.4 Å². The molecule has 1 heterocycles. The fourth-order valence-electron chi connectivity index (χ4n) is 3.17. The van der Waals surface area contributed by atoms with Crippen molar-refractivity contribution < 1.29 is 9.53 Å². The third-order valence-electron chi connectivity index (χ3n) is 4.65. The third kappa shape index (κ3) is 3.87. The number of anilines is 1. The number of benzene rings is 1. The summed E-state index contributed by atoms with van der Waals surface area (Å²) in [7, 11) is 2.90. The summed E-state index contributed by atoms with van der Waals surface area (Å²) in [6.07, 6.45) is 7.16. The molecule has 1 N–H and O–H groups in total. The Morgan fingerprint density at radius 2 is 1.88 bits per heavy atom. The molecule has 26 heavy (non-hydrogen) atoms. The SMILES string of the molecule is Cn1cc(NC(=O)c2cccc(OC3CCCCC3)c2)c(=O)n(C)c1=O. The maximum Gasteiger partial charge on any atom is 0.330 e. The van der Waals surface area contributed by atoms with Crippen molar-refractivity contribution >= 4 is 11.6 Å². The van der Waals surface area contributed by atoms with E-state index >= 15 is 0 Å². The van der Waals surface area contributed by atoms with Crippen LogP contribution in [0.5, 0.6) is 5.75 Å². The summed E-state index contributed by atoms with van der Waals surface area (Å²) in [5.41, 5.74) is -0.542. The Balaban J connectivity index is 1.77. The maximum absolute atomic E-state index is 12.5. The van der Waals surface area contributed by atoms with Gasteiger partial charge in [-0.05, 0) is 43.9 Å². The highest BCUT2D eigenvalue weighted by Crippen LogP contribution is 2.24. The van der Waals surface area contributed by atoms with Crippen LogP contribution in [0.25, 0.3) is 0 Å². The number of hydrogen-bond acceptors (Lipinski definition) is 4. The number of hydrogen-bond donors (Lipinski definition) is 1. The lowest BCUT2D eigenvalue weighted by Gasteiger charge is -2.23. The monoisotopic (exact) mass is 357 g/mol. The van der Waals surface area contributed by atoms with E-state index in [-0.39, 0.29) is 11.8 Å². The molecule has 0 radical (unpaired) electrons. The van der Waals surface area contributed by atoms with E-state index in [1.54, 1.807) is 18.2 Å². The number of aryl methyl sites for hydroxylation is 1. The van der Waals surface area contributed by atoms with Gasteiger partial charge in [-0.2, -0.15) is 0 Å². The van der Waals surface area contributed by atoms with Crippen LogP contribution < -0.4 is 21.3 Å². The predicted octanol–water partition coefficient (Wildman–Crippen LogP) is 2.05. The molecule has 138 valence electrons. The lowest BCUT2D eigenvalue weighted by atomic mass is 9.98. The largest absolute Gasteiger partial charge is 0.490 e. The first-order chi connectivity index (χ1) is 12.5. The van der Waals surface area contributed by atoms with Gasteiger partial charge in [-0.3, -0.25) is 14.2 Å². The third-order valence-corrected chi connectivity index (χ3v) is 4.65. The molecule has 0 spiro atoms. The summed E-state index contributed by atoms with van der Waals surface area (Å²) in [4.78, 5) is 36.4. The molecule has 1 aliphatic rings. The van der Waals surface area contributed by atoms with Gasteiger partial charge < -0.3 is 14.6 Å². The fourth-order valence-corrected chi connectivity index (χ4v) is 3.17. The number of rotatable bonds is 4. The van der Waals surface area contributed by atoms with Gasteiger partial charge in [0.2, 0.25) is 0 Å². The molecule has 0 saturated heterocycles. The average molecular weight is 357 g/mol. The van der Waals surface area contributed by atoms with Gasteiger partial charge in [0.25, 0.3) is 11.5 Å². The van der Waals surface area contributed by atoms with Crippen molar-refractivity contribution in [3.05, 3.63) is 56.9 Å². The summed E-state index contributed by atoms with van der Waals surface area (Å²) in [6.45, 7) is 0. The van der Waals surface area contributed by atoms with Gasteiger partial charge in [0, 0.05) is 25.9 Å². The van der Waals surface area contributed by atoms with Crippen molar-refractivity contribution in [3.8, 4) is 5.75 Å². The predicted molar refractivity (Wildman–Crippen MR) is 98.8 cm³/mol. The molecule has 1 aromatic heterocycles. The number of nitrogens with one attached hydrogen (secondary N) is 1. The average Bonchev–Trinajstić information content (AvgIpc) is 2.65. The Morgan fingerprint density at radius 3 is 2.62 bits per heavy atom. The molecular weight excluding hydrogens is 334 g/mol. The lowest BCUT2D eigenvalue weighted by Crippen LogP contribution is -2.38. The zero-order valence-electron chi connectivity index (χ0n) is 15.0. The number of ether oxygens (including phenoxy) is 1. The van der Waals surface area contributed by atoms with Crippen molar-refractivity contribution in [2.45, 2.75) is 38.2 Å². The van der Waals surface area contributed by atoms with Crippen LogP contribution in [0.15, 0.2) is 40.1 Å². The number of carbonyl (C=O) groups excluding carboxylic acids is 1. The Labute approximate surface area is 151 Å². The fraction of sp³-hybridized carbons (Fsp3) is 0.421. The van der Waals surface area contributed by atoms with Crippen molar-refractivity contribution in [1.82, 2.24) is 9.13 Å². The van der Waals surface area contributed by atoms with Gasteiger partial charge in [0.05, 0.1) is 6.10 Å². The number of nitrogens with zero attached hydrogens (tertiary/aromatic N) is 2. The minimum atomic E-state index is -0.545. The van der Waals surface area contributed by atoms with Crippen LogP contribution in [0.2, 0.25) is 0 Å². The number of aromatic nitrogens is 2. The molecule has 1 saturated carbocycles. The van der Waals surface area contributed by atoms with Crippen LogP contribution >= 0.6 is 0 Å². The molecule has 0 bridgehead atoms. The first-order valence-corrected chi connectivity index (χ1v) is 8.80. The van der Waals surface area contributed by atoms with Crippen molar-refractivity contribution in [2.75, 3.05) is 5.32 Å². The zero-order valence-corrected chi connectivity index (χ0v) is 15.0. The molecule has 7 nitrogen and oxygen atoms in total. The van der Waals surface area contributed by atoms with Gasteiger partial charge in [-0.25, -0.2) is 4.79 Å².